The monoisotopic (exact) mass is 842 g/mol. The molecule has 4 saturated heterocycles. The van der Waals surface area contributed by atoms with E-state index < -0.39 is 167 Å². The van der Waals surface area contributed by atoms with Gasteiger partial charge >= 0.3 is 5.97 Å². The molecule has 13 N–H and O–H groups in total. The van der Waals surface area contributed by atoms with Crippen LogP contribution in [-0.2, 0) is 52.2 Å². The van der Waals surface area contributed by atoms with Gasteiger partial charge in [-0.1, -0.05) is 6.08 Å². The molecule has 58 heavy (non-hydrogen) atoms. The Morgan fingerprint density at radius 1 is 0.569 bits per heavy atom. The minimum absolute atomic E-state index is 0.0140. The van der Waals surface area contributed by atoms with Crippen LogP contribution in [0.2, 0.25) is 0 Å². The van der Waals surface area contributed by atoms with Gasteiger partial charge in [-0.2, -0.15) is 0 Å². The molecule has 0 aromatic rings. The maximum Gasteiger partial charge on any atom is 0.341 e. The molecule has 0 aromatic carbocycles. The molecule has 0 amide bonds. The Morgan fingerprint density at radius 3 is 1.40 bits per heavy atom. The largest absolute Gasteiger partial charge is 0.471 e. The van der Waals surface area contributed by atoms with Crippen LogP contribution in [0.1, 0.15) is 0 Å². The van der Waals surface area contributed by atoms with E-state index in [0.717, 1.165) is 6.26 Å². The molecular formula is C34H50O24. The number of aliphatic hydroxyl groups is 13. The first-order valence-corrected chi connectivity index (χ1v) is 18.3. The lowest BCUT2D eigenvalue weighted by Gasteiger charge is -2.44. The number of carbonyl (C=O) groups is 1. The van der Waals surface area contributed by atoms with Gasteiger partial charge in [-0.15, -0.1) is 6.58 Å². The number of cyclic esters (lactones) is 1. The van der Waals surface area contributed by atoms with Crippen LogP contribution < -0.4 is 0 Å². The molecule has 0 unspecified atom stereocenters. The second kappa shape index (κ2) is 19.1. The topological polar surface area (TPSA) is 372 Å². The second-order valence-corrected chi connectivity index (χ2v) is 14.4. The molecule has 6 aliphatic heterocycles. The summed E-state index contributed by atoms with van der Waals surface area (Å²) in [6.45, 7) is 0.943. The molecule has 0 aromatic heterocycles. The third-order valence-electron chi connectivity index (χ3n) is 10.7. The van der Waals surface area contributed by atoms with Crippen molar-refractivity contribution in [3.8, 4) is 0 Å². The molecule has 24 nitrogen and oxygen atoms in total. The molecule has 24 heteroatoms. The standard InChI is InChI=1S/C34H50O24/c1-2-10-11-3-4-49-29(48)12(11)6-50-30(10)58-34-28(47)24(43)20(39)16(57-34)9-53-33-27(46)23(42)19(38)15(56-33)8-52-32-26(45)22(41)18(37)14(55-32)7-51-31-25(44)21(40)17(36)13(5-35)54-31/h2-3,6,10,13-28,30-47H,1,4-5,7-9H2/t10-,13-,14-,15-,16-,17-,18-,19-,20-,21+,22+,23+,24+,25-,26-,27-,28-,30+,31-,32-,33-,34+/m1/s1. The van der Waals surface area contributed by atoms with Crippen molar-refractivity contribution < 1.29 is 119 Å². The van der Waals surface area contributed by atoms with Gasteiger partial charge in [-0.25, -0.2) is 4.79 Å². The van der Waals surface area contributed by atoms with Crippen molar-refractivity contribution in [3.05, 3.63) is 36.1 Å². The molecule has 330 valence electrons. The van der Waals surface area contributed by atoms with E-state index in [9.17, 15) is 71.2 Å². The van der Waals surface area contributed by atoms with Crippen LogP contribution in [-0.4, -0.2) is 235 Å². The predicted octanol–water partition coefficient (Wildman–Crippen LogP) is -8.20. The number of carbonyl (C=O) groups excluding carboxylic acids is 1. The molecule has 4 fully saturated rings. The van der Waals surface area contributed by atoms with E-state index in [-0.39, 0.29) is 12.2 Å². The SMILES string of the molecule is C=C[C@@H]1C2=CCOC(=O)C2=CO[C@H]1O[C@@H]1O[C@H](CO[C@@H]2O[C@H](CO[C@@H]3O[C@H](CO[C@@H]4O[C@H](CO)[C@@H](O)[C@H](O)[C@H]4O)[C@@H](O)[C@H](O)[C@H]3O)[C@@H](O)[C@H](O)[C@H]2O)[C@@H](O)[C@H](O)[C@H]1O. The Hall–Kier alpha value is -2.35. The van der Waals surface area contributed by atoms with Gasteiger partial charge in [0, 0.05) is 0 Å². The molecule has 0 spiro atoms. The summed E-state index contributed by atoms with van der Waals surface area (Å²) >= 11 is 0. The van der Waals surface area contributed by atoms with E-state index in [4.69, 9.17) is 47.4 Å². The van der Waals surface area contributed by atoms with Crippen molar-refractivity contribution in [2.24, 2.45) is 5.92 Å². The fourth-order valence-electron chi connectivity index (χ4n) is 7.12. The van der Waals surface area contributed by atoms with E-state index in [1.54, 1.807) is 6.08 Å². The Kier molecular flexibility index (Phi) is 14.9. The zero-order chi connectivity index (χ0) is 42.2. The van der Waals surface area contributed by atoms with Crippen LogP contribution in [0, 0.1) is 5.92 Å². The summed E-state index contributed by atoms with van der Waals surface area (Å²) in [4.78, 5) is 12.2. The highest BCUT2D eigenvalue weighted by Crippen LogP contribution is 2.36. The third kappa shape index (κ3) is 9.13. The van der Waals surface area contributed by atoms with E-state index in [1.165, 1.54) is 6.08 Å². The average Bonchev–Trinajstić information content (AvgIpc) is 3.21. The van der Waals surface area contributed by atoms with Gasteiger partial charge in [0.2, 0.25) is 6.29 Å². The predicted molar refractivity (Wildman–Crippen MR) is 178 cm³/mol. The zero-order valence-corrected chi connectivity index (χ0v) is 30.5. The van der Waals surface area contributed by atoms with Gasteiger partial charge < -0.3 is 114 Å². The Morgan fingerprint density at radius 2 is 0.966 bits per heavy atom. The van der Waals surface area contributed by atoms with Crippen LogP contribution in [0.5, 0.6) is 0 Å². The van der Waals surface area contributed by atoms with Crippen molar-refractivity contribution >= 4 is 5.97 Å². The molecule has 0 bridgehead atoms. The number of fused-ring (bicyclic) bond motifs is 1. The van der Waals surface area contributed by atoms with E-state index in [0.29, 0.717) is 5.57 Å². The Bertz CT molecular complexity index is 1460. The normalized spacial score (nSPS) is 48.5. The first kappa shape index (κ1) is 45.2. The highest BCUT2D eigenvalue weighted by molar-refractivity contribution is 5.94. The minimum Gasteiger partial charge on any atom is -0.471 e. The number of hydrogen-bond donors (Lipinski definition) is 13. The lowest BCUT2D eigenvalue weighted by molar-refractivity contribution is -0.355. The van der Waals surface area contributed by atoms with Gasteiger partial charge in [0.1, 0.15) is 111 Å². The van der Waals surface area contributed by atoms with Crippen LogP contribution in [0.15, 0.2) is 36.1 Å². The summed E-state index contributed by atoms with van der Waals surface area (Å²) in [6, 6.07) is 0. The third-order valence-corrected chi connectivity index (χ3v) is 10.7. The van der Waals surface area contributed by atoms with Crippen LogP contribution in [0.4, 0.5) is 0 Å². The van der Waals surface area contributed by atoms with Gasteiger partial charge in [0.05, 0.1) is 37.9 Å². The Balaban J connectivity index is 1.04. The number of hydrogen-bond acceptors (Lipinski definition) is 24. The molecule has 0 saturated carbocycles. The Labute approximate surface area is 328 Å². The molecule has 6 rings (SSSR count). The summed E-state index contributed by atoms with van der Waals surface area (Å²) < 4.78 is 55.0. The van der Waals surface area contributed by atoms with Crippen LogP contribution in [0.3, 0.4) is 0 Å². The van der Waals surface area contributed by atoms with E-state index in [1.807, 2.05) is 0 Å². The molecular weight excluding hydrogens is 792 g/mol. The summed E-state index contributed by atoms with van der Waals surface area (Å²) in [5.74, 6) is -1.37. The van der Waals surface area contributed by atoms with Gasteiger partial charge in [-0.05, 0) is 11.6 Å². The van der Waals surface area contributed by atoms with Crippen LogP contribution >= 0.6 is 0 Å². The van der Waals surface area contributed by atoms with Crippen molar-refractivity contribution in [1.29, 1.82) is 0 Å². The second-order valence-electron chi connectivity index (χ2n) is 14.4. The highest BCUT2D eigenvalue weighted by atomic mass is 16.8. The first-order valence-electron chi connectivity index (χ1n) is 18.3. The van der Waals surface area contributed by atoms with E-state index in [2.05, 4.69) is 6.58 Å². The molecule has 0 aliphatic carbocycles. The number of rotatable bonds is 13. The lowest BCUT2D eigenvalue weighted by Crippen LogP contribution is -2.63. The summed E-state index contributed by atoms with van der Waals surface area (Å²) in [7, 11) is 0. The maximum absolute atomic E-state index is 12.2. The maximum atomic E-state index is 12.2. The highest BCUT2D eigenvalue weighted by Gasteiger charge is 2.51. The number of aliphatic hydroxyl groups excluding tert-OH is 13. The molecule has 22 atom stereocenters. The zero-order valence-electron chi connectivity index (χ0n) is 30.5. The summed E-state index contributed by atoms with van der Waals surface area (Å²) in [5, 5.41) is 135. The van der Waals surface area contributed by atoms with Crippen molar-refractivity contribution in [3.63, 3.8) is 0 Å². The van der Waals surface area contributed by atoms with Gasteiger partial charge in [-0.3, -0.25) is 0 Å². The van der Waals surface area contributed by atoms with Gasteiger partial charge in [0.15, 0.2) is 25.2 Å². The fraction of sp³-hybridized carbons (Fsp3) is 0.794. The fourth-order valence-corrected chi connectivity index (χ4v) is 7.12. The number of ether oxygens (including phenoxy) is 10. The number of esters is 1. The average molecular weight is 843 g/mol. The van der Waals surface area contributed by atoms with Crippen LogP contribution in [0.25, 0.3) is 0 Å². The molecule has 6 aliphatic rings. The van der Waals surface area contributed by atoms with Gasteiger partial charge in [0.25, 0.3) is 0 Å². The minimum atomic E-state index is -1.93. The van der Waals surface area contributed by atoms with Crippen molar-refractivity contribution in [2.75, 3.05) is 33.0 Å². The summed E-state index contributed by atoms with van der Waals surface area (Å²) in [5.41, 5.74) is 0.614. The lowest BCUT2D eigenvalue weighted by atomic mass is 9.89. The first-order chi connectivity index (χ1) is 27.6. The van der Waals surface area contributed by atoms with Crippen molar-refractivity contribution in [2.45, 2.75) is 129 Å². The molecule has 0 radical (unpaired) electrons. The van der Waals surface area contributed by atoms with Crippen molar-refractivity contribution in [1.82, 2.24) is 0 Å². The van der Waals surface area contributed by atoms with E-state index >= 15 is 0 Å². The molecule has 6 heterocycles. The quantitative estimate of drug-likeness (QED) is 0.0605. The summed E-state index contributed by atoms with van der Waals surface area (Å²) in [6.07, 6.45) is -31.7. The smallest absolute Gasteiger partial charge is 0.341 e.